The van der Waals surface area contributed by atoms with Crippen molar-refractivity contribution in [3.05, 3.63) is 0 Å². The van der Waals surface area contributed by atoms with Gasteiger partial charge in [0.2, 0.25) is 0 Å². The number of ketones is 2. The number of Topliss-reactive ketones (excluding diaryl/α,β-unsaturated/α-hetero) is 2. The Hall–Kier alpha value is -1.19. The summed E-state index contributed by atoms with van der Waals surface area (Å²) in [6.45, 7) is 6.27. The van der Waals surface area contributed by atoms with Crippen LogP contribution in [0.4, 0.5) is 0 Å². The highest BCUT2D eigenvalue weighted by atomic mass is 16.5. The van der Waals surface area contributed by atoms with Crippen molar-refractivity contribution < 1.29 is 20.5 Å². The van der Waals surface area contributed by atoms with Gasteiger partial charge in [0.1, 0.15) is 0 Å². The summed E-state index contributed by atoms with van der Waals surface area (Å²) in [6.07, 6.45) is 0.539. The molecule has 0 aromatic heterocycles. The fourth-order valence-electron chi connectivity index (χ4n) is 1.49. The molecule has 0 aliphatic rings. The van der Waals surface area contributed by atoms with E-state index in [-0.39, 0.29) is 19.4 Å². The smallest absolute Gasteiger partial charge is 0.324 e. The topological polar surface area (TPSA) is 60.4 Å². The number of rotatable bonds is 7. The molecule has 0 aliphatic carbocycles. The van der Waals surface area contributed by atoms with Gasteiger partial charge in [-0.25, -0.2) is 0 Å². The van der Waals surface area contributed by atoms with Gasteiger partial charge in [-0.15, -0.1) is 0 Å². The highest BCUT2D eigenvalue weighted by Gasteiger charge is 2.35. The highest BCUT2D eigenvalue weighted by molar-refractivity contribution is 6.17. The molecule has 0 rings (SSSR count). The van der Waals surface area contributed by atoms with E-state index in [1.54, 1.807) is 20.8 Å². The number of esters is 1. The number of ether oxygens (including phenoxy) is 1. The van der Waals surface area contributed by atoms with Crippen LogP contribution in [-0.4, -0.2) is 24.1 Å². The summed E-state index contributed by atoms with van der Waals surface area (Å²) in [7, 11) is 0. The zero-order valence-corrected chi connectivity index (χ0v) is 10.3. The third-order valence-corrected chi connectivity index (χ3v) is 2.39. The fourth-order valence-corrected chi connectivity index (χ4v) is 1.49. The molecule has 0 radical (unpaired) electrons. The van der Waals surface area contributed by atoms with E-state index in [0.29, 0.717) is 0 Å². The fraction of sp³-hybridized carbons (Fsp3) is 0.750. The third-order valence-electron chi connectivity index (χ3n) is 2.39. The zero-order valence-electron chi connectivity index (χ0n) is 11.3. The van der Waals surface area contributed by atoms with Crippen LogP contribution in [0.5, 0.6) is 0 Å². The number of carbonyl (C=O) groups excluding carboxylic acids is 3. The molecule has 0 bridgehead atoms. The molecule has 0 spiro atoms. The predicted molar refractivity (Wildman–Crippen MR) is 59.9 cm³/mol. The molecule has 4 heteroatoms. The summed E-state index contributed by atoms with van der Waals surface area (Å²) in [5.74, 6) is -4.90. The molecule has 1 atom stereocenters. The molecular weight excluding hydrogens is 208 g/mol. The Morgan fingerprint density at radius 2 is 1.69 bits per heavy atom. The van der Waals surface area contributed by atoms with Gasteiger partial charge in [-0.1, -0.05) is 13.8 Å². The van der Waals surface area contributed by atoms with Gasteiger partial charge in [-0.05, 0) is 26.7 Å². The minimum absolute atomic E-state index is 0.110. The molecule has 0 aliphatic heterocycles. The highest BCUT2D eigenvalue weighted by Crippen LogP contribution is 2.17. The molecule has 0 heterocycles. The molecule has 4 nitrogen and oxygen atoms in total. The van der Waals surface area contributed by atoms with E-state index in [2.05, 4.69) is 0 Å². The molecule has 0 amide bonds. The van der Waals surface area contributed by atoms with Gasteiger partial charge < -0.3 is 4.74 Å². The van der Waals surface area contributed by atoms with Crippen LogP contribution in [0.2, 0.25) is 0 Å². The SMILES string of the molecule is [2H]C(CC)(CC)C(=O)C(C(C)=O)C(=O)OCC. The summed E-state index contributed by atoms with van der Waals surface area (Å²) in [4.78, 5) is 35.0. The average molecular weight is 229 g/mol. The normalized spacial score (nSPS) is 13.9. The van der Waals surface area contributed by atoms with E-state index in [9.17, 15) is 14.4 Å². The Labute approximate surface area is 97.8 Å². The number of hydrogen-bond donors (Lipinski definition) is 0. The van der Waals surface area contributed by atoms with Gasteiger partial charge in [0, 0.05) is 7.26 Å². The maximum atomic E-state index is 12.1. The van der Waals surface area contributed by atoms with Gasteiger partial charge in [0.15, 0.2) is 17.5 Å². The molecule has 0 aromatic rings. The monoisotopic (exact) mass is 229 g/mol. The lowest BCUT2D eigenvalue weighted by Crippen LogP contribution is -2.35. The van der Waals surface area contributed by atoms with Crippen molar-refractivity contribution in [1.82, 2.24) is 0 Å². The lowest BCUT2D eigenvalue weighted by molar-refractivity contribution is -0.155. The maximum absolute atomic E-state index is 12.1. The molecule has 0 fully saturated rings. The summed E-state index contributed by atoms with van der Waals surface area (Å²) in [6, 6.07) is 0. The quantitative estimate of drug-likeness (QED) is 0.493. The molecule has 92 valence electrons. The van der Waals surface area contributed by atoms with Gasteiger partial charge in [0.05, 0.1) is 6.61 Å². The van der Waals surface area contributed by atoms with Crippen LogP contribution < -0.4 is 0 Å². The van der Waals surface area contributed by atoms with E-state index < -0.39 is 29.3 Å². The minimum atomic E-state index is -1.45. The Morgan fingerprint density at radius 3 is 2.00 bits per heavy atom. The predicted octanol–water partition coefficient (Wildman–Crippen LogP) is 1.76. The van der Waals surface area contributed by atoms with Crippen molar-refractivity contribution in [3.63, 3.8) is 0 Å². The van der Waals surface area contributed by atoms with Crippen LogP contribution in [-0.2, 0) is 19.1 Å². The first-order valence-corrected chi connectivity index (χ1v) is 5.55. The van der Waals surface area contributed by atoms with Crippen molar-refractivity contribution in [3.8, 4) is 0 Å². The van der Waals surface area contributed by atoms with E-state index >= 15 is 0 Å². The number of carbonyl (C=O) groups is 3. The second kappa shape index (κ2) is 7.14. The molecule has 0 saturated heterocycles. The van der Waals surface area contributed by atoms with Gasteiger partial charge >= 0.3 is 5.97 Å². The summed E-state index contributed by atoms with van der Waals surface area (Å²) in [5, 5.41) is 0. The Balaban J connectivity index is 5.15. The largest absolute Gasteiger partial charge is 0.465 e. The summed E-state index contributed by atoms with van der Waals surface area (Å²) in [5.41, 5.74) is 0. The maximum Gasteiger partial charge on any atom is 0.324 e. The molecule has 0 aromatic carbocycles. The standard InChI is InChI=1S/C12H20O4/c1-5-9(6-2)11(14)10(8(4)13)12(15)16-7-3/h9-10H,5-7H2,1-4H3/i9D. The Kier molecular flexibility index (Phi) is 5.75. The molecule has 1 unspecified atom stereocenters. The van der Waals surface area contributed by atoms with Crippen molar-refractivity contribution in [2.75, 3.05) is 6.61 Å². The Bertz CT molecular complexity index is 308. The molecule has 16 heavy (non-hydrogen) atoms. The zero-order chi connectivity index (χ0) is 13.6. The molecule has 0 saturated carbocycles. The van der Waals surface area contributed by atoms with Gasteiger partial charge in [-0.3, -0.25) is 14.4 Å². The lowest BCUT2D eigenvalue weighted by atomic mass is 9.87. The van der Waals surface area contributed by atoms with E-state index in [1.807, 2.05) is 0 Å². The van der Waals surface area contributed by atoms with Crippen LogP contribution in [0.1, 0.15) is 41.9 Å². The first-order valence-electron chi connectivity index (χ1n) is 6.05. The van der Waals surface area contributed by atoms with Crippen molar-refractivity contribution in [2.45, 2.75) is 40.5 Å². The van der Waals surface area contributed by atoms with Gasteiger partial charge in [-0.2, -0.15) is 0 Å². The van der Waals surface area contributed by atoms with E-state index in [0.717, 1.165) is 0 Å². The van der Waals surface area contributed by atoms with Crippen LogP contribution in [0, 0.1) is 11.8 Å². The van der Waals surface area contributed by atoms with Gasteiger partial charge in [0.25, 0.3) is 0 Å². The van der Waals surface area contributed by atoms with Crippen LogP contribution in [0.25, 0.3) is 0 Å². The second-order valence-electron chi connectivity index (χ2n) is 3.47. The summed E-state index contributed by atoms with van der Waals surface area (Å²) >= 11 is 0. The van der Waals surface area contributed by atoms with E-state index in [1.165, 1.54) is 6.92 Å². The lowest BCUT2D eigenvalue weighted by Gasteiger charge is -2.17. The first-order chi connectivity index (χ1) is 7.83. The van der Waals surface area contributed by atoms with Crippen LogP contribution in [0.3, 0.4) is 0 Å². The van der Waals surface area contributed by atoms with E-state index in [4.69, 9.17) is 6.11 Å². The summed E-state index contributed by atoms with van der Waals surface area (Å²) < 4.78 is 12.7. The third kappa shape index (κ3) is 3.76. The van der Waals surface area contributed by atoms with Crippen LogP contribution >= 0.6 is 0 Å². The average Bonchev–Trinajstić information content (AvgIpc) is 2.27. The van der Waals surface area contributed by atoms with Crippen molar-refractivity contribution in [2.24, 2.45) is 11.8 Å². The first kappa shape index (κ1) is 12.9. The second-order valence-corrected chi connectivity index (χ2v) is 3.47. The van der Waals surface area contributed by atoms with Crippen molar-refractivity contribution in [1.29, 1.82) is 0 Å². The number of hydrogen-bond acceptors (Lipinski definition) is 4. The minimum Gasteiger partial charge on any atom is -0.465 e. The van der Waals surface area contributed by atoms with Crippen LogP contribution in [0.15, 0.2) is 0 Å². The molecule has 0 N–H and O–H groups in total. The molecular formula is C12H20O4. The van der Waals surface area contributed by atoms with Crippen molar-refractivity contribution >= 4 is 17.5 Å². The Morgan fingerprint density at radius 1 is 1.19 bits per heavy atom.